The van der Waals surface area contributed by atoms with Crippen molar-refractivity contribution in [3.8, 4) is 5.75 Å². The normalized spacial score (nSPS) is 19.6. The van der Waals surface area contributed by atoms with Crippen LogP contribution in [0.1, 0.15) is 66.3 Å². The summed E-state index contributed by atoms with van der Waals surface area (Å²) in [6.07, 6.45) is 4.02. The molecule has 0 amide bonds. The number of carbonyl (C=O) groups excluding carboxylic acids is 1. The molecule has 1 aromatic rings. The van der Waals surface area contributed by atoms with Crippen molar-refractivity contribution in [2.24, 2.45) is 5.92 Å². The van der Waals surface area contributed by atoms with Gasteiger partial charge in [0.15, 0.2) is 11.6 Å². The molecular formula is C19H30F2O2. The van der Waals surface area contributed by atoms with Gasteiger partial charge in [-0.3, -0.25) is 0 Å². The van der Waals surface area contributed by atoms with Gasteiger partial charge in [-0.25, -0.2) is 4.39 Å². The lowest BCUT2D eigenvalue weighted by atomic mass is 9.79. The third-order valence-electron chi connectivity index (χ3n) is 3.82. The molecule has 0 heterocycles. The first-order valence-corrected chi connectivity index (χ1v) is 8.09. The molecule has 0 aliphatic heterocycles. The van der Waals surface area contributed by atoms with Gasteiger partial charge in [-0.1, -0.05) is 46.3 Å². The van der Waals surface area contributed by atoms with Crippen LogP contribution in [0.15, 0.2) is 24.5 Å². The van der Waals surface area contributed by atoms with Gasteiger partial charge in [0, 0.05) is 1.43 Å². The summed E-state index contributed by atoms with van der Waals surface area (Å²) in [6, 6.07) is 3.15. The number of hydrogen-bond acceptors (Lipinski definition) is 2. The Balaban J connectivity index is 0. The molecule has 0 aromatic heterocycles. The molecule has 0 atom stereocenters. The molecule has 0 saturated heterocycles. The largest absolute Gasteiger partial charge is 0.459 e. The molecular weight excluding hydrogens is 298 g/mol. The smallest absolute Gasteiger partial charge is 0.201 e. The first-order valence-electron chi connectivity index (χ1n) is 8.09. The fraction of sp³-hybridized carbons (Fsp3) is 0.526. The number of hydrogen-bond donors (Lipinski definition) is 0. The van der Waals surface area contributed by atoms with Crippen LogP contribution in [0.4, 0.5) is 8.78 Å². The van der Waals surface area contributed by atoms with Gasteiger partial charge >= 0.3 is 0 Å². The molecule has 1 saturated carbocycles. The maximum absolute atomic E-state index is 14.1. The lowest BCUT2D eigenvalue weighted by Crippen LogP contribution is -2.13. The predicted octanol–water partition coefficient (Wildman–Crippen LogP) is 6.26. The fourth-order valence-corrected chi connectivity index (χ4v) is 2.70. The van der Waals surface area contributed by atoms with Gasteiger partial charge in [-0.15, -0.1) is 0 Å². The zero-order valence-electron chi connectivity index (χ0n) is 14.6. The van der Waals surface area contributed by atoms with Crippen molar-refractivity contribution < 1.29 is 19.7 Å². The molecule has 1 aliphatic rings. The Morgan fingerprint density at radius 3 is 2.13 bits per heavy atom. The van der Waals surface area contributed by atoms with Crippen LogP contribution in [0.3, 0.4) is 0 Å². The summed E-state index contributed by atoms with van der Waals surface area (Å²) in [5.74, 6) is -0.590. The van der Waals surface area contributed by atoms with Gasteiger partial charge in [0.05, 0.1) is 5.76 Å². The van der Waals surface area contributed by atoms with E-state index in [0.717, 1.165) is 25.7 Å². The molecule has 0 spiro atoms. The van der Waals surface area contributed by atoms with Crippen LogP contribution in [0.25, 0.3) is 0 Å². The molecule has 2 rings (SSSR count). The van der Waals surface area contributed by atoms with E-state index in [4.69, 9.17) is 9.53 Å². The van der Waals surface area contributed by atoms with Crippen molar-refractivity contribution in [2.45, 2.75) is 59.3 Å². The Morgan fingerprint density at radius 1 is 1.13 bits per heavy atom. The van der Waals surface area contributed by atoms with Gasteiger partial charge in [0.2, 0.25) is 5.82 Å². The van der Waals surface area contributed by atoms with Crippen LogP contribution in [0.2, 0.25) is 0 Å². The third kappa shape index (κ3) is 6.12. The number of halogens is 2. The molecule has 1 fully saturated rings. The summed E-state index contributed by atoms with van der Waals surface area (Å²) < 4.78 is 33.1. The van der Waals surface area contributed by atoms with E-state index in [0.29, 0.717) is 17.2 Å². The molecule has 132 valence electrons. The van der Waals surface area contributed by atoms with Crippen LogP contribution in [-0.4, -0.2) is 6.79 Å². The minimum atomic E-state index is -0.904. The zero-order chi connectivity index (χ0) is 18.0. The molecule has 1 aromatic carbocycles. The summed E-state index contributed by atoms with van der Waals surface area (Å²) in [7, 11) is 0. The highest BCUT2D eigenvalue weighted by atomic mass is 19.2. The van der Waals surface area contributed by atoms with E-state index in [-0.39, 0.29) is 13.1 Å². The van der Waals surface area contributed by atoms with E-state index in [2.05, 4.69) is 13.5 Å². The monoisotopic (exact) mass is 328 g/mol. The Labute approximate surface area is 140 Å². The molecule has 23 heavy (non-hydrogen) atoms. The number of rotatable bonds is 3. The summed E-state index contributed by atoms with van der Waals surface area (Å²) in [5, 5.41) is 0. The van der Waals surface area contributed by atoms with Gasteiger partial charge in [0.1, 0.15) is 6.79 Å². The van der Waals surface area contributed by atoms with E-state index < -0.39 is 11.6 Å². The highest BCUT2D eigenvalue weighted by Gasteiger charge is 2.25. The zero-order valence-corrected chi connectivity index (χ0v) is 14.6. The quantitative estimate of drug-likeness (QED) is 0.612. The van der Waals surface area contributed by atoms with Crippen LogP contribution in [0.5, 0.6) is 5.75 Å². The Hall–Kier alpha value is -1.71. The van der Waals surface area contributed by atoms with Crippen molar-refractivity contribution in [3.05, 3.63) is 41.7 Å². The topological polar surface area (TPSA) is 26.3 Å². The second-order valence-electron chi connectivity index (χ2n) is 5.54. The van der Waals surface area contributed by atoms with Crippen LogP contribution >= 0.6 is 0 Å². The first kappa shape index (κ1) is 21.3. The number of ether oxygens (including phenoxy) is 1. The number of benzene rings is 1. The maximum atomic E-state index is 14.1. The Morgan fingerprint density at radius 2 is 1.65 bits per heavy atom. The summed E-state index contributed by atoms with van der Waals surface area (Å²) in [5.41, 5.74) is 0.485. The molecule has 0 radical (unpaired) electrons. The summed E-state index contributed by atoms with van der Waals surface area (Å²) in [6.45, 7) is 13.3. The fourth-order valence-electron chi connectivity index (χ4n) is 2.70. The van der Waals surface area contributed by atoms with Crippen LogP contribution < -0.4 is 4.74 Å². The highest BCUT2D eigenvalue weighted by molar-refractivity contribution is 5.34. The first-order chi connectivity index (χ1) is 11.0. The van der Waals surface area contributed by atoms with E-state index in [1.165, 1.54) is 6.07 Å². The van der Waals surface area contributed by atoms with E-state index >= 15 is 0 Å². The molecule has 2 nitrogen and oxygen atoms in total. The lowest BCUT2D eigenvalue weighted by Gasteiger charge is -2.27. The highest BCUT2D eigenvalue weighted by Crippen LogP contribution is 2.38. The molecule has 4 heteroatoms. The molecule has 1 aliphatic carbocycles. The average molecular weight is 328 g/mol. The van der Waals surface area contributed by atoms with Gasteiger partial charge in [-0.2, -0.15) is 4.39 Å². The predicted molar refractivity (Wildman–Crippen MR) is 92.8 cm³/mol. The molecule has 0 unspecified atom stereocenters. The maximum Gasteiger partial charge on any atom is 0.201 e. The lowest BCUT2D eigenvalue weighted by molar-refractivity contribution is -0.0979. The SMILES string of the molecule is C=C(C)Oc1ccc(C2CCC(C)CC2)c(F)c1F.C=O.CC.[HH]. The summed E-state index contributed by atoms with van der Waals surface area (Å²) in [4.78, 5) is 8.00. The van der Waals surface area contributed by atoms with Crippen molar-refractivity contribution in [2.75, 3.05) is 0 Å². The second-order valence-corrected chi connectivity index (χ2v) is 5.54. The molecule has 0 bridgehead atoms. The average Bonchev–Trinajstić information content (AvgIpc) is 2.57. The van der Waals surface area contributed by atoms with E-state index in [1.807, 2.05) is 20.6 Å². The van der Waals surface area contributed by atoms with Gasteiger partial charge in [0.25, 0.3) is 0 Å². The number of allylic oxidation sites excluding steroid dienone is 1. The minimum Gasteiger partial charge on any atom is -0.459 e. The van der Waals surface area contributed by atoms with Crippen molar-refractivity contribution in [3.63, 3.8) is 0 Å². The second kappa shape index (κ2) is 10.9. The van der Waals surface area contributed by atoms with E-state index in [9.17, 15) is 8.78 Å². The standard InChI is InChI=1S/C16H20F2O.C2H6.CH2O.H2/c1-10(2)19-14-9-8-13(15(17)16(14)18)12-6-4-11(3)5-7-12;2*1-2;/h8-9,11-12H,1,4-7H2,2-3H3;1-2H3;1H2;1H. The summed E-state index contributed by atoms with van der Waals surface area (Å²) >= 11 is 0. The Kier molecular flexibility index (Phi) is 10.1. The number of carbonyl (C=O) groups is 1. The van der Waals surface area contributed by atoms with Gasteiger partial charge < -0.3 is 9.53 Å². The van der Waals surface area contributed by atoms with E-state index in [1.54, 1.807) is 13.0 Å². The minimum absolute atomic E-state index is 0. The van der Waals surface area contributed by atoms with Crippen LogP contribution in [-0.2, 0) is 4.79 Å². The Bertz CT molecular complexity index is 498. The van der Waals surface area contributed by atoms with Crippen LogP contribution in [0, 0.1) is 17.6 Å². The van der Waals surface area contributed by atoms with Crippen molar-refractivity contribution in [1.29, 1.82) is 0 Å². The third-order valence-corrected chi connectivity index (χ3v) is 3.82. The van der Waals surface area contributed by atoms with Gasteiger partial charge in [-0.05, 0) is 43.2 Å². The molecule has 0 N–H and O–H groups in total. The van der Waals surface area contributed by atoms with Crippen molar-refractivity contribution in [1.82, 2.24) is 0 Å². The van der Waals surface area contributed by atoms with Crippen molar-refractivity contribution >= 4 is 6.79 Å².